The van der Waals surface area contributed by atoms with E-state index in [9.17, 15) is 0 Å². The van der Waals surface area contributed by atoms with Gasteiger partial charge in [0.15, 0.2) is 0 Å². The summed E-state index contributed by atoms with van der Waals surface area (Å²) >= 11 is 0. The molecule has 0 saturated carbocycles. The molecule has 0 heterocycles. The van der Waals surface area contributed by atoms with Crippen molar-refractivity contribution in [2.24, 2.45) is 22.8 Å². The first-order valence-corrected chi connectivity index (χ1v) is 12.0. The lowest BCUT2D eigenvalue weighted by atomic mass is 9.76. The van der Waals surface area contributed by atoms with Crippen molar-refractivity contribution in [2.75, 3.05) is 6.54 Å². The van der Waals surface area contributed by atoms with Gasteiger partial charge in [0.05, 0.1) is 0 Å². The summed E-state index contributed by atoms with van der Waals surface area (Å²) in [6.07, 6.45) is 21.2. The Morgan fingerprint density at radius 3 is 1.81 bits per heavy atom. The van der Waals surface area contributed by atoms with Gasteiger partial charge in [-0.05, 0) is 50.0 Å². The van der Waals surface area contributed by atoms with Crippen LogP contribution in [0.25, 0.3) is 0 Å². The summed E-state index contributed by atoms with van der Waals surface area (Å²) in [5.41, 5.74) is 13.0. The van der Waals surface area contributed by atoms with Crippen LogP contribution in [0.3, 0.4) is 0 Å². The van der Waals surface area contributed by atoms with Gasteiger partial charge in [-0.2, -0.15) is 0 Å². The van der Waals surface area contributed by atoms with E-state index in [2.05, 4.69) is 27.7 Å². The average molecular weight is 369 g/mol. The summed E-state index contributed by atoms with van der Waals surface area (Å²) in [6, 6.07) is 0.430. The summed E-state index contributed by atoms with van der Waals surface area (Å²) in [4.78, 5) is 0. The van der Waals surface area contributed by atoms with Crippen LogP contribution in [0.5, 0.6) is 0 Å². The Bertz CT molecular complexity index is 286. The fourth-order valence-electron chi connectivity index (χ4n) is 4.39. The number of unbranched alkanes of at least 4 members (excludes halogenated alkanes) is 7. The molecule has 0 amide bonds. The molecule has 0 aliphatic carbocycles. The highest BCUT2D eigenvalue weighted by Crippen LogP contribution is 2.33. The van der Waals surface area contributed by atoms with Crippen molar-refractivity contribution in [1.29, 1.82) is 0 Å². The molecule has 0 fully saturated rings. The third kappa shape index (κ3) is 11.6. The van der Waals surface area contributed by atoms with Crippen LogP contribution in [-0.4, -0.2) is 12.6 Å². The standard InChI is InChI=1S/C24H52N2/c1-5-9-17-22(7-3)23(26)18-15-13-11-12-14-16-20-24(8-4,21-25)19-10-6-2/h22-23H,5-21,25-26H2,1-4H3. The first-order valence-electron chi connectivity index (χ1n) is 12.0. The minimum atomic E-state index is 0.427. The van der Waals surface area contributed by atoms with Crippen LogP contribution in [0.1, 0.15) is 130 Å². The van der Waals surface area contributed by atoms with E-state index in [0.29, 0.717) is 11.5 Å². The molecule has 3 unspecified atom stereocenters. The van der Waals surface area contributed by atoms with Crippen LogP contribution >= 0.6 is 0 Å². The molecule has 0 saturated heterocycles. The molecule has 2 nitrogen and oxygen atoms in total. The Morgan fingerprint density at radius 1 is 0.692 bits per heavy atom. The lowest BCUT2D eigenvalue weighted by molar-refractivity contribution is 0.223. The van der Waals surface area contributed by atoms with E-state index in [1.807, 2.05) is 0 Å². The molecular formula is C24H52N2. The number of hydrogen-bond donors (Lipinski definition) is 2. The first-order chi connectivity index (χ1) is 12.6. The molecule has 2 heteroatoms. The zero-order chi connectivity index (χ0) is 19.7. The fraction of sp³-hybridized carbons (Fsp3) is 1.00. The SMILES string of the molecule is CCCCC(CC)C(N)CCCCCCCCC(CC)(CN)CCCC. The lowest BCUT2D eigenvalue weighted by Gasteiger charge is -2.31. The summed E-state index contributed by atoms with van der Waals surface area (Å²) in [5, 5.41) is 0. The topological polar surface area (TPSA) is 52.0 Å². The summed E-state index contributed by atoms with van der Waals surface area (Å²) < 4.78 is 0. The second-order valence-corrected chi connectivity index (χ2v) is 8.80. The van der Waals surface area contributed by atoms with Gasteiger partial charge in [-0.25, -0.2) is 0 Å². The van der Waals surface area contributed by atoms with E-state index in [0.717, 1.165) is 12.5 Å². The molecule has 0 spiro atoms. The van der Waals surface area contributed by atoms with Crippen molar-refractivity contribution in [1.82, 2.24) is 0 Å². The van der Waals surface area contributed by atoms with Crippen molar-refractivity contribution in [3.8, 4) is 0 Å². The van der Waals surface area contributed by atoms with Gasteiger partial charge in [-0.1, -0.05) is 98.3 Å². The summed E-state index contributed by atoms with van der Waals surface area (Å²) in [5.74, 6) is 0.747. The van der Waals surface area contributed by atoms with E-state index < -0.39 is 0 Å². The Hall–Kier alpha value is -0.0800. The fourth-order valence-corrected chi connectivity index (χ4v) is 4.39. The predicted octanol–water partition coefficient (Wildman–Crippen LogP) is 7.20. The second kappa shape index (κ2) is 17.0. The van der Waals surface area contributed by atoms with Crippen molar-refractivity contribution in [3.05, 3.63) is 0 Å². The van der Waals surface area contributed by atoms with Crippen LogP contribution in [-0.2, 0) is 0 Å². The quantitative estimate of drug-likeness (QED) is 0.237. The van der Waals surface area contributed by atoms with E-state index >= 15 is 0 Å². The van der Waals surface area contributed by atoms with E-state index in [4.69, 9.17) is 11.5 Å². The average Bonchev–Trinajstić information content (AvgIpc) is 2.67. The van der Waals surface area contributed by atoms with Gasteiger partial charge in [-0.3, -0.25) is 0 Å². The maximum Gasteiger partial charge on any atom is 0.00670 e. The predicted molar refractivity (Wildman–Crippen MR) is 120 cm³/mol. The molecule has 0 bridgehead atoms. The van der Waals surface area contributed by atoms with Gasteiger partial charge in [0.1, 0.15) is 0 Å². The maximum absolute atomic E-state index is 6.44. The largest absolute Gasteiger partial charge is 0.330 e. The molecule has 26 heavy (non-hydrogen) atoms. The van der Waals surface area contributed by atoms with Crippen molar-refractivity contribution >= 4 is 0 Å². The van der Waals surface area contributed by atoms with Gasteiger partial charge in [0.25, 0.3) is 0 Å². The van der Waals surface area contributed by atoms with Crippen molar-refractivity contribution in [2.45, 2.75) is 136 Å². The van der Waals surface area contributed by atoms with E-state index in [1.165, 1.54) is 103 Å². The monoisotopic (exact) mass is 368 g/mol. The lowest BCUT2D eigenvalue weighted by Crippen LogP contribution is -2.30. The molecule has 0 aromatic rings. The minimum absolute atomic E-state index is 0.427. The normalized spacial score (nSPS) is 16.4. The molecule has 0 aromatic heterocycles. The smallest absolute Gasteiger partial charge is 0.00670 e. The molecular weight excluding hydrogens is 316 g/mol. The first kappa shape index (κ1) is 25.9. The molecule has 3 atom stereocenters. The van der Waals surface area contributed by atoms with Crippen LogP contribution in [0.2, 0.25) is 0 Å². The van der Waals surface area contributed by atoms with E-state index in [1.54, 1.807) is 0 Å². The van der Waals surface area contributed by atoms with E-state index in [-0.39, 0.29) is 0 Å². The maximum atomic E-state index is 6.44. The van der Waals surface area contributed by atoms with Crippen molar-refractivity contribution < 1.29 is 0 Å². The summed E-state index contributed by atoms with van der Waals surface area (Å²) in [6.45, 7) is 10.1. The summed E-state index contributed by atoms with van der Waals surface area (Å²) in [7, 11) is 0. The van der Waals surface area contributed by atoms with Crippen LogP contribution < -0.4 is 11.5 Å². The van der Waals surface area contributed by atoms with Gasteiger partial charge in [0.2, 0.25) is 0 Å². The number of nitrogens with two attached hydrogens (primary N) is 2. The molecule has 0 aliphatic rings. The van der Waals surface area contributed by atoms with Crippen molar-refractivity contribution in [3.63, 3.8) is 0 Å². The zero-order valence-electron chi connectivity index (χ0n) is 18.8. The Labute approximate surface area is 166 Å². The van der Waals surface area contributed by atoms with Crippen LogP contribution in [0.4, 0.5) is 0 Å². The molecule has 0 radical (unpaired) electrons. The zero-order valence-corrected chi connectivity index (χ0v) is 18.8. The molecule has 0 rings (SSSR count). The highest BCUT2D eigenvalue weighted by Gasteiger charge is 2.24. The van der Waals surface area contributed by atoms with Crippen LogP contribution in [0, 0.1) is 11.3 Å². The third-order valence-electron chi connectivity index (χ3n) is 6.80. The Balaban J connectivity index is 3.77. The molecule has 0 aliphatic heterocycles. The Kier molecular flexibility index (Phi) is 17.0. The van der Waals surface area contributed by atoms with Gasteiger partial charge in [0, 0.05) is 6.04 Å². The van der Waals surface area contributed by atoms with Crippen LogP contribution in [0.15, 0.2) is 0 Å². The minimum Gasteiger partial charge on any atom is -0.330 e. The highest BCUT2D eigenvalue weighted by atomic mass is 14.6. The van der Waals surface area contributed by atoms with Gasteiger partial charge >= 0.3 is 0 Å². The second-order valence-electron chi connectivity index (χ2n) is 8.80. The third-order valence-corrected chi connectivity index (χ3v) is 6.80. The van der Waals surface area contributed by atoms with Gasteiger partial charge in [-0.15, -0.1) is 0 Å². The highest BCUT2D eigenvalue weighted by molar-refractivity contribution is 4.79. The molecule has 4 N–H and O–H groups in total. The number of hydrogen-bond acceptors (Lipinski definition) is 2. The Morgan fingerprint density at radius 2 is 1.27 bits per heavy atom. The molecule has 158 valence electrons. The molecule has 0 aromatic carbocycles. The number of rotatable bonds is 19. The van der Waals surface area contributed by atoms with Gasteiger partial charge < -0.3 is 11.5 Å².